The van der Waals surface area contributed by atoms with Crippen LogP contribution >= 0.6 is 17.0 Å². The minimum atomic E-state index is -1.73. The zero-order valence-corrected chi connectivity index (χ0v) is 30.7. The van der Waals surface area contributed by atoms with Gasteiger partial charge in [-0.15, -0.1) is 0 Å². The first-order valence-corrected chi connectivity index (χ1v) is 24.7. The van der Waals surface area contributed by atoms with Crippen LogP contribution in [0.2, 0.25) is 23.7 Å². The van der Waals surface area contributed by atoms with E-state index >= 15 is 0 Å². The summed E-state index contributed by atoms with van der Waals surface area (Å²) in [6.07, 6.45) is 48.2. The van der Waals surface area contributed by atoms with E-state index in [1.165, 1.54) is 44.6 Å². The fourth-order valence-electron chi connectivity index (χ4n) is 9.66. The molecule has 6 aliphatic rings. The third-order valence-electron chi connectivity index (χ3n) is 11.0. The molecule has 0 spiro atoms. The van der Waals surface area contributed by atoms with E-state index in [1.54, 1.807) is 0 Å². The van der Waals surface area contributed by atoms with E-state index in [9.17, 15) is 0 Å². The molecule has 6 rings (SSSR count). The molecule has 0 aliphatic heterocycles. The van der Waals surface area contributed by atoms with E-state index in [4.69, 9.17) is 17.0 Å². The molecule has 8 atom stereocenters. The van der Waals surface area contributed by atoms with Gasteiger partial charge in [0.1, 0.15) is 0 Å². The molecule has 0 radical (unpaired) electrons. The van der Waals surface area contributed by atoms with Crippen LogP contribution in [-0.2, 0) is 20.8 Å². The van der Waals surface area contributed by atoms with Crippen LogP contribution < -0.4 is 0 Å². The summed E-state index contributed by atoms with van der Waals surface area (Å²) in [7, 11) is 8.14. The monoisotopic (exact) mass is 700 g/mol. The Kier molecular flexibility index (Phi) is 16.1. The molecular formula is C38H56Cl2SiZr. The fraction of sp³-hybridized carbons (Fsp3) is 0.526. The first-order chi connectivity index (χ1) is 19.2. The van der Waals surface area contributed by atoms with Crippen LogP contribution in [-0.4, -0.2) is 8.07 Å². The Hall–Kier alpha value is -0.400. The zero-order valence-electron chi connectivity index (χ0n) is 25.7. The molecule has 42 heavy (non-hydrogen) atoms. The molecule has 0 aromatic heterocycles. The zero-order chi connectivity index (χ0) is 27.2. The Morgan fingerprint density at radius 2 is 0.762 bits per heavy atom. The number of rotatable bonds is 9. The standard InChI is InChI=1S/C35H46Si.CH4.2CH3.2ClH.Zr/c1-3-4-5-6-7-16-25-36(2,34-30-21-12-8-17-26(30)27-18-9-13-22-31(27)34)35-32-23-14-10-19-28(32)29-20-11-15-24-33(29)35;;;;;;/h8-15,17-24,26-35H,3-7,16,25H2,1-2H3;1H4;2*1H3;2*1H;/q;;2*-1;;;+4/p-2. The first kappa shape index (κ1) is 37.8. The minimum absolute atomic E-state index is 0. The van der Waals surface area contributed by atoms with Crippen molar-refractivity contribution in [1.29, 1.82) is 0 Å². The quantitative estimate of drug-likeness (QED) is 0.127. The Labute approximate surface area is 279 Å². The van der Waals surface area contributed by atoms with Crippen LogP contribution in [0, 0.1) is 62.2 Å². The molecule has 0 nitrogen and oxygen atoms in total. The van der Waals surface area contributed by atoms with Gasteiger partial charge in [0.2, 0.25) is 0 Å². The molecule has 0 N–H and O–H groups in total. The van der Waals surface area contributed by atoms with Crippen molar-refractivity contribution in [1.82, 2.24) is 0 Å². The molecule has 0 amide bonds. The number of hydrogen-bond donors (Lipinski definition) is 0. The summed E-state index contributed by atoms with van der Waals surface area (Å²) in [6, 6.07) is 1.51. The molecular weight excluding hydrogens is 647 g/mol. The van der Waals surface area contributed by atoms with Gasteiger partial charge in [-0.25, -0.2) is 0 Å². The summed E-state index contributed by atoms with van der Waals surface area (Å²) < 4.78 is 0. The molecule has 0 aromatic rings. The van der Waals surface area contributed by atoms with Crippen LogP contribution in [0.1, 0.15) is 52.9 Å². The maximum atomic E-state index is 4.93. The van der Waals surface area contributed by atoms with Gasteiger partial charge in [-0.2, -0.15) is 0 Å². The van der Waals surface area contributed by atoms with Crippen molar-refractivity contribution in [3.63, 3.8) is 0 Å². The van der Waals surface area contributed by atoms with Gasteiger partial charge in [-0.05, 0) is 58.4 Å². The van der Waals surface area contributed by atoms with Crippen LogP contribution in [0.15, 0.2) is 97.2 Å². The van der Waals surface area contributed by atoms with Crippen LogP contribution in [0.5, 0.6) is 0 Å². The van der Waals surface area contributed by atoms with Gasteiger partial charge in [0.15, 0.2) is 0 Å². The van der Waals surface area contributed by atoms with E-state index in [1.807, 2.05) is 0 Å². The van der Waals surface area contributed by atoms with Crippen LogP contribution in [0.3, 0.4) is 0 Å². The third kappa shape index (κ3) is 7.52. The van der Waals surface area contributed by atoms with Gasteiger partial charge in [0.25, 0.3) is 0 Å². The van der Waals surface area contributed by atoms with E-state index < -0.39 is 28.9 Å². The molecule has 2 saturated carbocycles. The van der Waals surface area contributed by atoms with Crippen molar-refractivity contribution in [3.8, 4) is 0 Å². The Morgan fingerprint density at radius 1 is 0.500 bits per heavy atom. The molecule has 2 fully saturated rings. The van der Waals surface area contributed by atoms with E-state index in [0.29, 0.717) is 23.7 Å². The number of halogens is 2. The SMILES string of the molecule is C.CCCCCCCC[Si](C)(C1C2C=CC=CC2C2C=CC=CC21)C1C2C=CC=CC2C2C=CC=CC21.[CH3-].[CH3-].[Cl][Zr+2][Cl]. The molecule has 0 bridgehead atoms. The van der Waals surface area contributed by atoms with Gasteiger partial charge in [0.05, 0.1) is 8.07 Å². The van der Waals surface area contributed by atoms with Gasteiger partial charge in [-0.3, -0.25) is 0 Å². The summed E-state index contributed by atoms with van der Waals surface area (Å²) >= 11 is -0.826. The van der Waals surface area contributed by atoms with Crippen molar-refractivity contribution in [2.75, 3.05) is 0 Å². The van der Waals surface area contributed by atoms with Crippen molar-refractivity contribution >= 4 is 25.1 Å². The molecule has 230 valence electrons. The Balaban J connectivity index is 0.000000987. The van der Waals surface area contributed by atoms with Crippen molar-refractivity contribution < 1.29 is 20.8 Å². The van der Waals surface area contributed by atoms with Crippen molar-refractivity contribution in [2.45, 2.75) is 76.5 Å². The second kappa shape index (κ2) is 17.9. The predicted octanol–water partition coefficient (Wildman–Crippen LogP) is 12.5. The molecule has 4 heteroatoms. The number of fused-ring (bicyclic) bond motifs is 6. The Morgan fingerprint density at radius 3 is 1.07 bits per heavy atom. The molecule has 6 aliphatic carbocycles. The second-order valence-electron chi connectivity index (χ2n) is 12.8. The normalized spacial score (nSPS) is 36.5. The van der Waals surface area contributed by atoms with Crippen molar-refractivity contribution in [2.24, 2.45) is 47.3 Å². The Bertz CT molecular complexity index is 925. The van der Waals surface area contributed by atoms with E-state index in [-0.39, 0.29) is 22.3 Å². The van der Waals surface area contributed by atoms with Crippen LogP contribution in [0.25, 0.3) is 0 Å². The first-order valence-electron chi connectivity index (χ1n) is 15.5. The third-order valence-corrected chi connectivity index (χ3v) is 17.0. The molecule has 0 heterocycles. The predicted molar refractivity (Wildman–Crippen MR) is 190 cm³/mol. The second-order valence-corrected chi connectivity index (χ2v) is 21.4. The van der Waals surface area contributed by atoms with E-state index in [2.05, 4.69) is 111 Å². The topological polar surface area (TPSA) is 0 Å². The van der Waals surface area contributed by atoms with Gasteiger partial charge in [-0.1, -0.05) is 163 Å². The van der Waals surface area contributed by atoms with Gasteiger partial charge >= 0.3 is 37.9 Å². The average molecular weight is 703 g/mol. The summed E-state index contributed by atoms with van der Waals surface area (Å²) in [4.78, 5) is 0. The maximum absolute atomic E-state index is 4.93. The van der Waals surface area contributed by atoms with Crippen LogP contribution in [0.4, 0.5) is 0 Å². The number of unbranched alkanes of at least 4 members (excludes halogenated alkanes) is 5. The number of hydrogen-bond acceptors (Lipinski definition) is 0. The fourth-order valence-corrected chi connectivity index (χ4v) is 16.6. The summed E-state index contributed by atoms with van der Waals surface area (Å²) in [6.45, 7) is 5.23. The van der Waals surface area contributed by atoms with Gasteiger partial charge in [0, 0.05) is 0 Å². The molecule has 8 unspecified atom stereocenters. The molecule has 0 aromatic carbocycles. The van der Waals surface area contributed by atoms with Gasteiger partial charge < -0.3 is 14.9 Å². The summed E-state index contributed by atoms with van der Waals surface area (Å²) in [5.74, 6) is 5.66. The average Bonchev–Trinajstić information content (AvgIpc) is 3.49. The summed E-state index contributed by atoms with van der Waals surface area (Å²) in [5, 5.41) is 0. The summed E-state index contributed by atoms with van der Waals surface area (Å²) in [5.41, 5.74) is 1.68. The number of allylic oxidation sites excluding steroid dienone is 16. The van der Waals surface area contributed by atoms with E-state index in [0.717, 1.165) is 34.8 Å². The molecule has 0 saturated heterocycles. The van der Waals surface area contributed by atoms with Crippen molar-refractivity contribution in [3.05, 3.63) is 112 Å².